The van der Waals surface area contributed by atoms with Crippen LogP contribution in [0.15, 0.2) is 59.9 Å². The number of pyridine rings is 1. The highest BCUT2D eigenvalue weighted by Crippen LogP contribution is 2.30. The Kier molecular flexibility index (Phi) is 6.61. The minimum Gasteiger partial charge on any atom is -0.444 e. The van der Waals surface area contributed by atoms with Crippen LogP contribution in [0.5, 0.6) is 0 Å². The van der Waals surface area contributed by atoms with Crippen LogP contribution in [0, 0.1) is 0 Å². The van der Waals surface area contributed by atoms with Gasteiger partial charge in [-0.2, -0.15) is 18.3 Å². The molecule has 33 heavy (non-hydrogen) atoms. The van der Waals surface area contributed by atoms with Crippen molar-refractivity contribution in [3.05, 3.63) is 71.7 Å². The lowest BCUT2D eigenvalue weighted by Crippen LogP contribution is -2.27. The molecule has 0 unspecified atom stereocenters. The van der Waals surface area contributed by atoms with E-state index in [4.69, 9.17) is 4.74 Å². The first-order valence-electron chi connectivity index (χ1n) is 9.68. The predicted molar refractivity (Wildman–Crippen MR) is 115 cm³/mol. The summed E-state index contributed by atoms with van der Waals surface area (Å²) in [4.78, 5) is 32.1. The number of carbonyl (C=O) groups is 2. The van der Waals surface area contributed by atoms with Gasteiger partial charge in [0.1, 0.15) is 17.1 Å². The van der Waals surface area contributed by atoms with Crippen molar-refractivity contribution in [2.45, 2.75) is 32.5 Å². The second-order valence-electron chi connectivity index (χ2n) is 7.86. The number of hydrogen-bond donors (Lipinski definition) is 1. The number of benzene rings is 1. The summed E-state index contributed by atoms with van der Waals surface area (Å²) in [5.41, 5.74) is -0.917. The third-order valence-electron chi connectivity index (χ3n) is 3.97. The van der Waals surface area contributed by atoms with Crippen molar-refractivity contribution in [3.8, 4) is 5.69 Å². The lowest BCUT2D eigenvalue weighted by molar-refractivity contribution is -0.137. The van der Waals surface area contributed by atoms with Gasteiger partial charge in [0.05, 0.1) is 17.4 Å². The van der Waals surface area contributed by atoms with Crippen LogP contribution < -0.4 is 5.32 Å². The fourth-order valence-corrected chi connectivity index (χ4v) is 2.60. The summed E-state index contributed by atoms with van der Waals surface area (Å²) in [6.07, 6.45) is -1.19. The van der Waals surface area contributed by atoms with Gasteiger partial charge in [-0.25, -0.2) is 19.5 Å². The van der Waals surface area contributed by atoms with E-state index in [0.29, 0.717) is 5.56 Å². The molecule has 1 aromatic carbocycles. The Bertz CT molecular complexity index is 1200. The van der Waals surface area contributed by atoms with Crippen molar-refractivity contribution in [1.82, 2.24) is 14.8 Å². The van der Waals surface area contributed by atoms with Gasteiger partial charge in [-0.15, -0.1) is 0 Å². The molecule has 2 amide bonds. The number of nitrogens with zero attached hydrogens (tertiary/aromatic N) is 4. The predicted octanol–water partition coefficient (Wildman–Crippen LogP) is 4.89. The van der Waals surface area contributed by atoms with Crippen LogP contribution in [0.25, 0.3) is 5.69 Å². The molecule has 3 rings (SSSR count). The SMILES string of the molecule is CC(C)(C)OC(=O)Nc1cccc(C(=O)N=Cc2cnn(-c3cccc(C(F)(F)F)c3)c2)n1. The summed E-state index contributed by atoms with van der Waals surface area (Å²) >= 11 is 0. The highest BCUT2D eigenvalue weighted by atomic mass is 19.4. The Morgan fingerprint density at radius 1 is 1.12 bits per heavy atom. The van der Waals surface area contributed by atoms with Crippen LogP contribution in [0.4, 0.5) is 23.8 Å². The fraction of sp³-hybridized carbons (Fsp3) is 0.227. The third kappa shape index (κ3) is 6.73. The minimum atomic E-state index is -4.47. The van der Waals surface area contributed by atoms with Crippen LogP contribution in [0.3, 0.4) is 0 Å². The van der Waals surface area contributed by atoms with Gasteiger partial charge >= 0.3 is 12.3 Å². The summed E-state index contributed by atoms with van der Waals surface area (Å²) in [6.45, 7) is 5.14. The Labute approximate surface area is 187 Å². The first kappa shape index (κ1) is 23.6. The van der Waals surface area contributed by atoms with Crippen molar-refractivity contribution in [3.63, 3.8) is 0 Å². The van der Waals surface area contributed by atoms with Gasteiger partial charge in [0, 0.05) is 18.0 Å². The van der Waals surface area contributed by atoms with Crippen molar-refractivity contribution in [1.29, 1.82) is 0 Å². The second kappa shape index (κ2) is 9.23. The number of nitrogens with one attached hydrogen (secondary N) is 1. The zero-order valence-electron chi connectivity index (χ0n) is 17.9. The molecule has 0 aliphatic rings. The normalized spacial score (nSPS) is 12.1. The Hall–Kier alpha value is -4.02. The number of ether oxygens (including phenoxy) is 1. The minimum absolute atomic E-state index is 0.0231. The van der Waals surface area contributed by atoms with Gasteiger partial charge in [0.15, 0.2) is 0 Å². The summed E-state index contributed by atoms with van der Waals surface area (Å²) in [5.74, 6) is -0.572. The zero-order chi connectivity index (χ0) is 24.2. The van der Waals surface area contributed by atoms with Gasteiger partial charge in [0.2, 0.25) is 0 Å². The Morgan fingerprint density at radius 2 is 1.85 bits per heavy atom. The lowest BCUT2D eigenvalue weighted by Gasteiger charge is -2.19. The van der Waals surface area contributed by atoms with E-state index in [1.165, 1.54) is 53.6 Å². The molecule has 0 spiro atoms. The van der Waals surface area contributed by atoms with E-state index in [0.717, 1.165) is 12.1 Å². The molecule has 11 heteroatoms. The Morgan fingerprint density at radius 3 is 2.55 bits per heavy atom. The average Bonchev–Trinajstić information content (AvgIpc) is 3.19. The third-order valence-corrected chi connectivity index (χ3v) is 3.97. The van der Waals surface area contributed by atoms with E-state index in [9.17, 15) is 22.8 Å². The van der Waals surface area contributed by atoms with Crippen LogP contribution in [0.2, 0.25) is 0 Å². The van der Waals surface area contributed by atoms with Crippen molar-refractivity contribution in [2.75, 3.05) is 5.32 Å². The van der Waals surface area contributed by atoms with Gasteiger partial charge < -0.3 is 4.74 Å². The van der Waals surface area contributed by atoms with E-state index < -0.39 is 29.3 Å². The highest BCUT2D eigenvalue weighted by molar-refractivity contribution is 6.00. The molecule has 0 radical (unpaired) electrons. The molecule has 0 aliphatic carbocycles. The van der Waals surface area contributed by atoms with Crippen molar-refractivity contribution >= 4 is 24.0 Å². The maximum atomic E-state index is 12.9. The first-order chi connectivity index (χ1) is 15.4. The summed E-state index contributed by atoms with van der Waals surface area (Å²) in [5, 5.41) is 6.44. The molecule has 0 bridgehead atoms. The maximum absolute atomic E-state index is 12.9. The first-order valence-corrected chi connectivity index (χ1v) is 9.68. The Balaban J connectivity index is 1.70. The second-order valence-corrected chi connectivity index (χ2v) is 7.86. The zero-order valence-corrected chi connectivity index (χ0v) is 17.9. The average molecular weight is 459 g/mol. The van der Waals surface area contributed by atoms with Crippen LogP contribution >= 0.6 is 0 Å². The van der Waals surface area contributed by atoms with E-state index in [2.05, 4.69) is 20.4 Å². The number of amides is 2. The molecule has 172 valence electrons. The van der Waals surface area contributed by atoms with Crippen molar-refractivity contribution in [2.24, 2.45) is 4.99 Å². The number of anilines is 1. The molecule has 8 nitrogen and oxygen atoms in total. The molecule has 0 fully saturated rings. The molecule has 2 heterocycles. The van der Waals surface area contributed by atoms with E-state index in [1.807, 2.05) is 0 Å². The molecular weight excluding hydrogens is 439 g/mol. The largest absolute Gasteiger partial charge is 0.444 e. The maximum Gasteiger partial charge on any atom is 0.416 e. The highest BCUT2D eigenvalue weighted by Gasteiger charge is 2.30. The summed E-state index contributed by atoms with van der Waals surface area (Å²) < 4.78 is 45.1. The summed E-state index contributed by atoms with van der Waals surface area (Å²) in [6, 6.07) is 9.12. The van der Waals surface area contributed by atoms with Crippen LogP contribution in [-0.2, 0) is 10.9 Å². The smallest absolute Gasteiger partial charge is 0.416 e. The molecule has 0 saturated carbocycles. The number of halogens is 3. The van der Waals surface area contributed by atoms with Crippen LogP contribution in [-0.4, -0.2) is 38.6 Å². The fourth-order valence-electron chi connectivity index (χ4n) is 2.60. The quantitative estimate of drug-likeness (QED) is 0.560. The van der Waals surface area contributed by atoms with E-state index in [1.54, 1.807) is 20.8 Å². The van der Waals surface area contributed by atoms with Gasteiger partial charge in [0.25, 0.3) is 5.91 Å². The van der Waals surface area contributed by atoms with E-state index in [-0.39, 0.29) is 17.2 Å². The van der Waals surface area contributed by atoms with Gasteiger partial charge in [-0.1, -0.05) is 12.1 Å². The standard InChI is InChI=1S/C22H20F3N5O3/c1-21(2,3)33-20(32)29-18-9-5-8-17(28-18)19(31)26-11-14-12-27-30(13-14)16-7-4-6-15(10-16)22(23,24)25/h4-13H,1-3H3,(H,28,29,32). The summed E-state index contributed by atoms with van der Waals surface area (Å²) in [7, 11) is 0. The molecule has 0 aliphatic heterocycles. The number of aliphatic imine (C=N–C) groups is 1. The van der Waals surface area contributed by atoms with Crippen molar-refractivity contribution < 1.29 is 27.5 Å². The lowest BCUT2D eigenvalue weighted by atomic mass is 10.2. The number of aromatic nitrogens is 3. The van der Waals surface area contributed by atoms with Gasteiger partial charge in [-0.3, -0.25) is 10.1 Å². The molecular formula is C22H20F3N5O3. The molecule has 0 atom stereocenters. The monoisotopic (exact) mass is 459 g/mol. The topological polar surface area (TPSA) is 98.5 Å². The molecule has 2 aromatic heterocycles. The molecule has 3 aromatic rings. The van der Waals surface area contributed by atoms with Crippen LogP contribution in [0.1, 0.15) is 42.4 Å². The number of hydrogen-bond acceptors (Lipinski definition) is 5. The van der Waals surface area contributed by atoms with E-state index >= 15 is 0 Å². The molecule has 0 saturated heterocycles. The number of alkyl halides is 3. The molecule has 1 N–H and O–H groups in total. The number of carbonyl (C=O) groups excluding carboxylic acids is 2. The number of rotatable bonds is 4. The van der Waals surface area contributed by atoms with Gasteiger partial charge in [-0.05, 0) is 51.1 Å².